The summed E-state index contributed by atoms with van der Waals surface area (Å²) in [6.07, 6.45) is 14.5. The van der Waals surface area contributed by atoms with Gasteiger partial charge in [-0.15, -0.1) is 0 Å². The first-order chi connectivity index (χ1) is 14.0. The minimum absolute atomic E-state index is 0.0674. The van der Waals surface area contributed by atoms with Gasteiger partial charge in [0.1, 0.15) is 0 Å². The highest BCUT2D eigenvalue weighted by Gasteiger charge is 2.58. The Morgan fingerprint density at radius 3 is 2.50 bits per heavy atom. The van der Waals surface area contributed by atoms with Crippen molar-refractivity contribution in [3.05, 3.63) is 23.8 Å². The van der Waals surface area contributed by atoms with Crippen LogP contribution in [0, 0.1) is 40.4 Å². The van der Waals surface area contributed by atoms with Gasteiger partial charge in [0.15, 0.2) is 0 Å². The summed E-state index contributed by atoms with van der Waals surface area (Å²) < 4.78 is 0. The summed E-state index contributed by atoms with van der Waals surface area (Å²) in [7, 11) is 0. The Balaban J connectivity index is 1.49. The molecule has 0 bridgehead atoms. The molecule has 8 atom stereocenters. The smallest absolute Gasteiger partial charge is 0.0798 e. The monoisotopic (exact) mass is 414 g/mol. The third-order valence-electron chi connectivity index (χ3n) is 10.6. The van der Waals surface area contributed by atoms with Crippen molar-refractivity contribution in [1.29, 1.82) is 0 Å². The molecule has 0 aromatic rings. The lowest BCUT2D eigenvalue weighted by Crippen LogP contribution is -2.49. The van der Waals surface area contributed by atoms with E-state index in [4.69, 9.17) is 0 Å². The van der Waals surface area contributed by atoms with Gasteiger partial charge in [0, 0.05) is 0 Å². The molecular weight excluding hydrogens is 368 g/mol. The fourth-order valence-electron chi connectivity index (χ4n) is 8.37. The van der Waals surface area contributed by atoms with Crippen molar-refractivity contribution in [1.82, 2.24) is 0 Å². The average Bonchev–Trinajstić information content (AvgIpc) is 3.03. The van der Waals surface area contributed by atoms with E-state index >= 15 is 0 Å². The third-order valence-corrected chi connectivity index (χ3v) is 10.6. The van der Waals surface area contributed by atoms with Gasteiger partial charge in [-0.3, -0.25) is 0 Å². The van der Waals surface area contributed by atoms with Crippen LogP contribution in [0.1, 0.15) is 98.8 Å². The van der Waals surface area contributed by atoms with Gasteiger partial charge in [-0.05, 0) is 124 Å². The van der Waals surface area contributed by atoms with Crippen LogP contribution in [0.3, 0.4) is 0 Å². The minimum Gasteiger partial charge on any atom is -0.393 e. The molecule has 3 fully saturated rings. The van der Waals surface area contributed by atoms with E-state index in [0.29, 0.717) is 22.7 Å². The molecule has 0 aliphatic heterocycles. The van der Waals surface area contributed by atoms with Crippen molar-refractivity contribution < 1.29 is 10.2 Å². The standard InChI is InChI=1S/C28H46O2/c1-18(7-8-19(2)26(3,4)30)23-11-12-24-22-10-9-20-17-21(29)13-15-27(20,5)25(22)14-16-28(23,24)6/h10,18,20-21,23-25,29-30H,2,7-9,11-17H2,1,3-6H3/t18-,20+,21+,23-,24+,25+,27+,28-/m1/s1. The first kappa shape index (κ1) is 22.6. The van der Waals surface area contributed by atoms with Gasteiger partial charge in [-0.25, -0.2) is 0 Å². The molecule has 0 radical (unpaired) electrons. The van der Waals surface area contributed by atoms with Crippen LogP contribution in [0.15, 0.2) is 23.8 Å². The highest BCUT2D eigenvalue weighted by Crippen LogP contribution is 2.67. The van der Waals surface area contributed by atoms with Gasteiger partial charge in [0.05, 0.1) is 11.7 Å². The molecule has 4 aliphatic rings. The van der Waals surface area contributed by atoms with Crippen molar-refractivity contribution >= 4 is 0 Å². The molecule has 0 spiro atoms. The Bertz CT molecular complexity index is 700. The van der Waals surface area contributed by atoms with Crippen molar-refractivity contribution in [2.45, 2.75) is 111 Å². The normalized spacial score (nSPS) is 44.5. The van der Waals surface area contributed by atoms with Crippen LogP contribution in [-0.2, 0) is 0 Å². The second kappa shape index (κ2) is 7.77. The summed E-state index contributed by atoms with van der Waals surface area (Å²) in [4.78, 5) is 0. The molecule has 3 saturated carbocycles. The Morgan fingerprint density at radius 1 is 1.13 bits per heavy atom. The zero-order chi connectivity index (χ0) is 21.9. The van der Waals surface area contributed by atoms with E-state index in [9.17, 15) is 10.2 Å². The lowest BCUT2D eigenvalue weighted by atomic mass is 9.47. The lowest BCUT2D eigenvalue weighted by molar-refractivity contribution is -0.0427. The molecule has 2 heteroatoms. The SMILES string of the molecule is C=C(CC[C@@H](C)[C@H]1CC[C@H]2C3=CC[C@H]4C[C@@H](O)CC[C@]4(C)[C@H]3CC[C@]12C)C(C)(C)O. The van der Waals surface area contributed by atoms with E-state index in [1.807, 2.05) is 19.4 Å². The molecule has 2 nitrogen and oxygen atoms in total. The first-order valence-electron chi connectivity index (χ1n) is 12.8. The number of fused-ring (bicyclic) bond motifs is 5. The van der Waals surface area contributed by atoms with Crippen LogP contribution in [0.2, 0.25) is 0 Å². The number of aliphatic hydroxyl groups excluding tert-OH is 1. The average molecular weight is 415 g/mol. The molecular formula is C28H46O2. The van der Waals surface area contributed by atoms with Crippen LogP contribution < -0.4 is 0 Å². The fraction of sp³-hybridized carbons (Fsp3) is 0.857. The van der Waals surface area contributed by atoms with E-state index in [1.165, 1.54) is 38.5 Å². The molecule has 2 N–H and O–H groups in total. The third kappa shape index (κ3) is 3.64. The van der Waals surface area contributed by atoms with Gasteiger partial charge in [-0.2, -0.15) is 0 Å². The van der Waals surface area contributed by atoms with Gasteiger partial charge >= 0.3 is 0 Å². The highest BCUT2D eigenvalue weighted by molar-refractivity contribution is 5.27. The van der Waals surface area contributed by atoms with E-state index < -0.39 is 5.60 Å². The summed E-state index contributed by atoms with van der Waals surface area (Å²) in [5, 5.41) is 20.5. The van der Waals surface area contributed by atoms with Crippen molar-refractivity contribution in [3.63, 3.8) is 0 Å². The fourth-order valence-corrected chi connectivity index (χ4v) is 8.37. The number of hydrogen-bond donors (Lipinski definition) is 2. The Hall–Kier alpha value is -0.600. The second-order valence-corrected chi connectivity index (χ2v) is 12.6. The maximum absolute atomic E-state index is 10.2. The predicted molar refractivity (Wildman–Crippen MR) is 125 cm³/mol. The maximum Gasteiger partial charge on any atom is 0.0798 e. The molecule has 0 amide bonds. The summed E-state index contributed by atoms with van der Waals surface area (Å²) in [5.74, 6) is 3.69. The first-order valence-corrected chi connectivity index (χ1v) is 12.8. The molecule has 30 heavy (non-hydrogen) atoms. The van der Waals surface area contributed by atoms with Crippen molar-refractivity contribution in [3.8, 4) is 0 Å². The summed E-state index contributed by atoms with van der Waals surface area (Å²) >= 11 is 0. The summed E-state index contributed by atoms with van der Waals surface area (Å²) in [6.45, 7) is 15.5. The molecule has 0 aromatic heterocycles. The highest BCUT2D eigenvalue weighted by atomic mass is 16.3. The van der Waals surface area contributed by atoms with Crippen LogP contribution in [0.25, 0.3) is 0 Å². The molecule has 0 aromatic carbocycles. The topological polar surface area (TPSA) is 40.5 Å². The molecule has 0 heterocycles. The zero-order valence-electron chi connectivity index (χ0n) is 20.2. The number of aliphatic hydroxyl groups is 2. The van der Waals surface area contributed by atoms with Crippen molar-refractivity contribution in [2.75, 3.05) is 0 Å². The number of rotatable bonds is 5. The largest absolute Gasteiger partial charge is 0.393 e. The Kier molecular flexibility index (Phi) is 5.85. The summed E-state index contributed by atoms with van der Waals surface area (Å²) in [5.41, 5.74) is 2.89. The molecule has 0 saturated heterocycles. The Labute approximate surface area is 185 Å². The lowest BCUT2D eigenvalue weighted by Gasteiger charge is -2.57. The van der Waals surface area contributed by atoms with E-state index in [-0.39, 0.29) is 6.10 Å². The molecule has 4 aliphatic carbocycles. The van der Waals surface area contributed by atoms with Crippen molar-refractivity contribution in [2.24, 2.45) is 40.4 Å². The van der Waals surface area contributed by atoms with E-state index in [1.54, 1.807) is 0 Å². The second-order valence-electron chi connectivity index (χ2n) is 12.6. The quantitative estimate of drug-likeness (QED) is 0.493. The zero-order valence-corrected chi connectivity index (χ0v) is 20.2. The van der Waals surface area contributed by atoms with Crippen LogP contribution in [0.5, 0.6) is 0 Å². The van der Waals surface area contributed by atoms with Crippen LogP contribution in [0.4, 0.5) is 0 Å². The van der Waals surface area contributed by atoms with Gasteiger partial charge < -0.3 is 10.2 Å². The summed E-state index contributed by atoms with van der Waals surface area (Å²) in [6, 6.07) is 0. The predicted octanol–water partition coefficient (Wildman–Crippen LogP) is 6.67. The van der Waals surface area contributed by atoms with E-state index in [2.05, 4.69) is 33.4 Å². The molecule has 0 unspecified atom stereocenters. The van der Waals surface area contributed by atoms with Gasteiger partial charge in [0.25, 0.3) is 0 Å². The number of allylic oxidation sites excluding steroid dienone is 2. The van der Waals surface area contributed by atoms with Crippen LogP contribution >= 0.6 is 0 Å². The molecule has 170 valence electrons. The van der Waals surface area contributed by atoms with Gasteiger partial charge in [-0.1, -0.05) is 39.0 Å². The minimum atomic E-state index is -0.758. The maximum atomic E-state index is 10.2. The van der Waals surface area contributed by atoms with E-state index in [0.717, 1.165) is 49.0 Å². The van der Waals surface area contributed by atoms with Crippen LogP contribution in [-0.4, -0.2) is 21.9 Å². The molecule has 4 rings (SSSR count). The Morgan fingerprint density at radius 2 is 1.80 bits per heavy atom. The number of hydrogen-bond acceptors (Lipinski definition) is 2. The van der Waals surface area contributed by atoms with Gasteiger partial charge in [0.2, 0.25) is 0 Å².